The van der Waals surface area contributed by atoms with Crippen LogP contribution in [0.3, 0.4) is 0 Å². The molecule has 2 aliphatic rings. The lowest BCUT2D eigenvalue weighted by atomic mass is 9.68. The Hall–Kier alpha value is -1.65. The second-order valence-electron chi connectivity index (χ2n) is 6.22. The summed E-state index contributed by atoms with van der Waals surface area (Å²) in [6.45, 7) is 2.15. The molecule has 2 fully saturated rings. The maximum absolute atomic E-state index is 7.34. The van der Waals surface area contributed by atoms with Crippen molar-refractivity contribution in [3.8, 4) is 0 Å². The SMILES string of the molecule is N=C(N)c1cnc(N2CCC3(CCCCC3)CC2)cn1. The van der Waals surface area contributed by atoms with Gasteiger partial charge in [0.25, 0.3) is 0 Å². The molecule has 1 aromatic rings. The van der Waals surface area contributed by atoms with E-state index in [2.05, 4.69) is 14.9 Å². The molecule has 3 N–H and O–H groups in total. The normalized spacial score (nSPS) is 21.9. The van der Waals surface area contributed by atoms with Crippen LogP contribution in [0.5, 0.6) is 0 Å². The number of aromatic nitrogens is 2. The van der Waals surface area contributed by atoms with Gasteiger partial charge in [0.2, 0.25) is 0 Å². The zero-order chi connectivity index (χ0) is 14.0. The van der Waals surface area contributed by atoms with E-state index in [-0.39, 0.29) is 5.84 Å². The number of anilines is 1. The number of nitrogens with two attached hydrogens (primary N) is 1. The third kappa shape index (κ3) is 2.62. The molecule has 1 aromatic heterocycles. The van der Waals surface area contributed by atoms with Crippen molar-refractivity contribution < 1.29 is 0 Å². The third-order valence-corrected chi connectivity index (χ3v) is 4.98. The molecular weight excluding hydrogens is 250 g/mol. The van der Waals surface area contributed by atoms with Crippen LogP contribution in [0.15, 0.2) is 12.4 Å². The smallest absolute Gasteiger partial charge is 0.147 e. The minimum atomic E-state index is -0.0242. The Morgan fingerprint density at radius 3 is 2.30 bits per heavy atom. The molecule has 2 heterocycles. The van der Waals surface area contributed by atoms with Gasteiger partial charge >= 0.3 is 0 Å². The maximum atomic E-state index is 7.34. The van der Waals surface area contributed by atoms with Gasteiger partial charge in [0.05, 0.1) is 12.4 Å². The molecule has 1 spiro atoms. The summed E-state index contributed by atoms with van der Waals surface area (Å²) < 4.78 is 0. The summed E-state index contributed by atoms with van der Waals surface area (Å²) in [5, 5.41) is 7.34. The van der Waals surface area contributed by atoms with Crippen LogP contribution in [-0.2, 0) is 0 Å². The van der Waals surface area contributed by atoms with Crippen LogP contribution in [0, 0.1) is 10.8 Å². The van der Waals surface area contributed by atoms with Crippen molar-refractivity contribution in [2.75, 3.05) is 18.0 Å². The molecule has 1 saturated carbocycles. The van der Waals surface area contributed by atoms with Crippen molar-refractivity contribution in [3.63, 3.8) is 0 Å². The van der Waals surface area contributed by atoms with E-state index in [0.29, 0.717) is 11.1 Å². The minimum Gasteiger partial charge on any atom is -0.382 e. The van der Waals surface area contributed by atoms with Gasteiger partial charge in [0.1, 0.15) is 17.3 Å². The second-order valence-corrected chi connectivity index (χ2v) is 6.22. The fourth-order valence-corrected chi connectivity index (χ4v) is 3.64. The summed E-state index contributed by atoms with van der Waals surface area (Å²) in [5.74, 6) is 0.893. The Labute approximate surface area is 120 Å². The number of nitrogens with one attached hydrogen (secondary N) is 1. The van der Waals surface area contributed by atoms with Gasteiger partial charge < -0.3 is 10.6 Å². The summed E-state index contributed by atoms with van der Waals surface area (Å²) in [6.07, 6.45) is 13.0. The molecule has 5 nitrogen and oxygen atoms in total. The van der Waals surface area contributed by atoms with Gasteiger partial charge in [-0.3, -0.25) is 5.41 Å². The number of hydrogen-bond acceptors (Lipinski definition) is 4. The van der Waals surface area contributed by atoms with Gasteiger partial charge in [-0.05, 0) is 31.1 Å². The van der Waals surface area contributed by atoms with Crippen LogP contribution in [0.4, 0.5) is 5.82 Å². The largest absolute Gasteiger partial charge is 0.382 e. The summed E-state index contributed by atoms with van der Waals surface area (Å²) in [5.41, 5.74) is 6.47. The molecule has 0 bridgehead atoms. The predicted octanol–water partition coefficient (Wildman–Crippen LogP) is 2.31. The highest BCUT2D eigenvalue weighted by Crippen LogP contribution is 2.44. The van der Waals surface area contributed by atoms with E-state index in [4.69, 9.17) is 11.1 Å². The molecule has 0 unspecified atom stereocenters. The van der Waals surface area contributed by atoms with Crippen LogP contribution in [0.2, 0.25) is 0 Å². The first kappa shape index (κ1) is 13.3. The number of nitrogens with zero attached hydrogens (tertiary/aromatic N) is 3. The number of amidine groups is 1. The molecule has 20 heavy (non-hydrogen) atoms. The topological polar surface area (TPSA) is 78.9 Å². The molecule has 3 rings (SSSR count). The average Bonchev–Trinajstić information content (AvgIpc) is 2.49. The molecule has 1 saturated heterocycles. The number of rotatable bonds is 2. The van der Waals surface area contributed by atoms with Gasteiger partial charge in [0, 0.05) is 13.1 Å². The quantitative estimate of drug-likeness (QED) is 0.640. The van der Waals surface area contributed by atoms with E-state index in [9.17, 15) is 0 Å². The summed E-state index contributed by atoms with van der Waals surface area (Å²) in [4.78, 5) is 10.9. The maximum Gasteiger partial charge on any atom is 0.147 e. The Morgan fingerprint density at radius 1 is 1.05 bits per heavy atom. The summed E-state index contributed by atoms with van der Waals surface area (Å²) >= 11 is 0. The molecule has 0 atom stereocenters. The Morgan fingerprint density at radius 2 is 1.75 bits per heavy atom. The number of piperidine rings is 1. The van der Waals surface area contributed by atoms with E-state index in [1.165, 1.54) is 44.9 Å². The fraction of sp³-hybridized carbons (Fsp3) is 0.667. The molecule has 1 aliphatic carbocycles. The van der Waals surface area contributed by atoms with Crippen LogP contribution < -0.4 is 10.6 Å². The lowest BCUT2D eigenvalue weighted by molar-refractivity contribution is 0.144. The lowest BCUT2D eigenvalue weighted by Crippen LogP contribution is -2.41. The second kappa shape index (κ2) is 5.38. The summed E-state index contributed by atoms with van der Waals surface area (Å²) in [7, 11) is 0. The lowest BCUT2D eigenvalue weighted by Gasteiger charge is -2.44. The van der Waals surface area contributed by atoms with Crippen molar-refractivity contribution >= 4 is 11.7 Å². The van der Waals surface area contributed by atoms with E-state index in [1.807, 2.05) is 0 Å². The van der Waals surface area contributed by atoms with Crippen LogP contribution in [-0.4, -0.2) is 28.9 Å². The first-order chi connectivity index (χ1) is 9.69. The van der Waals surface area contributed by atoms with Gasteiger partial charge in [-0.25, -0.2) is 9.97 Å². The van der Waals surface area contributed by atoms with Crippen LogP contribution >= 0.6 is 0 Å². The van der Waals surface area contributed by atoms with Gasteiger partial charge in [-0.1, -0.05) is 19.3 Å². The minimum absolute atomic E-state index is 0.0242. The standard InChI is InChI=1S/C15H23N5/c16-14(17)12-10-19-13(11-18-12)20-8-6-15(7-9-20)4-2-1-3-5-15/h10-11H,1-9H2,(H3,16,17). The van der Waals surface area contributed by atoms with Crippen molar-refractivity contribution in [3.05, 3.63) is 18.1 Å². The van der Waals surface area contributed by atoms with E-state index in [0.717, 1.165) is 18.9 Å². The van der Waals surface area contributed by atoms with Crippen LogP contribution in [0.1, 0.15) is 50.6 Å². The highest BCUT2D eigenvalue weighted by atomic mass is 15.2. The highest BCUT2D eigenvalue weighted by molar-refractivity contribution is 5.92. The molecule has 1 aliphatic heterocycles. The molecule has 0 radical (unpaired) electrons. The summed E-state index contributed by atoms with van der Waals surface area (Å²) in [6, 6.07) is 0. The first-order valence-corrected chi connectivity index (χ1v) is 7.60. The molecular formula is C15H23N5. The number of hydrogen-bond donors (Lipinski definition) is 2. The predicted molar refractivity (Wildman–Crippen MR) is 80.0 cm³/mol. The van der Waals surface area contributed by atoms with E-state index >= 15 is 0 Å². The van der Waals surface area contributed by atoms with Gasteiger partial charge in [-0.2, -0.15) is 0 Å². The first-order valence-electron chi connectivity index (χ1n) is 7.60. The third-order valence-electron chi connectivity index (χ3n) is 4.98. The Bertz CT molecular complexity index is 466. The molecule has 0 amide bonds. The Balaban J connectivity index is 1.64. The fourth-order valence-electron chi connectivity index (χ4n) is 3.64. The molecule has 5 heteroatoms. The highest BCUT2D eigenvalue weighted by Gasteiger charge is 2.35. The zero-order valence-electron chi connectivity index (χ0n) is 11.9. The van der Waals surface area contributed by atoms with Crippen molar-refractivity contribution in [1.82, 2.24) is 9.97 Å². The average molecular weight is 273 g/mol. The van der Waals surface area contributed by atoms with Gasteiger partial charge in [-0.15, -0.1) is 0 Å². The van der Waals surface area contributed by atoms with E-state index in [1.54, 1.807) is 12.4 Å². The molecule has 0 aromatic carbocycles. The number of nitrogen functional groups attached to an aromatic ring is 1. The van der Waals surface area contributed by atoms with Crippen molar-refractivity contribution in [1.29, 1.82) is 5.41 Å². The van der Waals surface area contributed by atoms with Crippen molar-refractivity contribution in [2.45, 2.75) is 44.9 Å². The van der Waals surface area contributed by atoms with Gasteiger partial charge in [0.15, 0.2) is 0 Å². The van der Waals surface area contributed by atoms with E-state index < -0.39 is 0 Å². The Kier molecular flexibility index (Phi) is 3.59. The van der Waals surface area contributed by atoms with Crippen molar-refractivity contribution in [2.24, 2.45) is 11.1 Å². The van der Waals surface area contributed by atoms with Crippen LogP contribution in [0.25, 0.3) is 0 Å². The monoisotopic (exact) mass is 273 g/mol. The zero-order valence-corrected chi connectivity index (χ0v) is 11.9. The molecule has 108 valence electrons.